The average Bonchev–Trinajstić information content (AvgIpc) is 2.85. The number of fused-ring (bicyclic) bond motifs is 1. The van der Waals surface area contributed by atoms with E-state index >= 15 is 0 Å². The molecular formula is C14H11FN2O. The van der Waals surface area contributed by atoms with Gasteiger partial charge in [0.25, 0.3) is 0 Å². The summed E-state index contributed by atoms with van der Waals surface area (Å²) < 4.78 is 13.5. The van der Waals surface area contributed by atoms with E-state index in [9.17, 15) is 9.18 Å². The molecule has 0 radical (unpaired) electrons. The molecule has 1 aromatic carbocycles. The summed E-state index contributed by atoms with van der Waals surface area (Å²) in [5.74, 6) is -0.884. The van der Waals surface area contributed by atoms with Crippen LogP contribution in [0.4, 0.5) is 10.1 Å². The van der Waals surface area contributed by atoms with Crippen molar-refractivity contribution in [3.8, 4) is 0 Å². The normalized spacial score (nSPS) is 12.9. The highest BCUT2D eigenvalue weighted by Crippen LogP contribution is 2.24. The number of ketones is 1. The first-order valence-electron chi connectivity index (χ1n) is 5.77. The highest BCUT2D eigenvalue weighted by Gasteiger charge is 2.17. The number of carbonyl (C=O) groups is 1. The van der Waals surface area contributed by atoms with Crippen LogP contribution in [-0.4, -0.2) is 17.3 Å². The van der Waals surface area contributed by atoms with Crippen molar-refractivity contribution < 1.29 is 9.18 Å². The van der Waals surface area contributed by atoms with E-state index in [1.807, 2.05) is 12.1 Å². The number of hydrogen-bond donors (Lipinski definition) is 1. The van der Waals surface area contributed by atoms with Gasteiger partial charge in [-0.05, 0) is 36.2 Å². The van der Waals surface area contributed by atoms with E-state index in [0.29, 0.717) is 5.56 Å². The molecule has 0 spiro atoms. The molecule has 90 valence electrons. The predicted octanol–water partition coefficient (Wildman–Crippen LogP) is 2.42. The quantitative estimate of drug-likeness (QED) is 0.822. The van der Waals surface area contributed by atoms with Gasteiger partial charge in [-0.3, -0.25) is 9.78 Å². The van der Waals surface area contributed by atoms with Gasteiger partial charge in [0, 0.05) is 24.0 Å². The Morgan fingerprint density at radius 1 is 1.33 bits per heavy atom. The summed E-state index contributed by atoms with van der Waals surface area (Å²) >= 11 is 0. The van der Waals surface area contributed by atoms with Crippen molar-refractivity contribution in [3.05, 3.63) is 59.2 Å². The Balaban J connectivity index is 2.01. The molecule has 2 aromatic rings. The minimum Gasteiger partial charge on any atom is -0.384 e. The summed E-state index contributed by atoms with van der Waals surface area (Å²) in [6.07, 6.45) is 3.38. The van der Waals surface area contributed by atoms with Gasteiger partial charge in [-0.2, -0.15) is 0 Å². The van der Waals surface area contributed by atoms with Crippen LogP contribution in [0.3, 0.4) is 0 Å². The minimum absolute atomic E-state index is 0.0657. The lowest BCUT2D eigenvalue weighted by Crippen LogP contribution is -2.05. The topological polar surface area (TPSA) is 42.0 Å². The highest BCUT2D eigenvalue weighted by atomic mass is 19.1. The monoisotopic (exact) mass is 242 g/mol. The molecule has 0 atom stereocenters. The summed E-state index contributed by atoms with van der Waals surface area (Å²) in [6.45, 7) is 0.886. The van der Waals surface area contributed by atoms with Gasteiger partial charge >= 0.3 is 0 Å². The number of rotatable bonds is 2. The number of aromatic nitrogens is 1. The number of hydrogen-bond acceptors (Lipinski definition) is 3. The molecule has 0 saturated carbocycles. The van der Waals surface area contributed by atoms with Crippen LogP contribution in [0.25, 0.3) is 0 Å². The van der Waals surface area contributed by atoms with E-state index in [-0.39, 0.29) is 11.3 Å². The molecule has 1 aliphatic rings. The van der Waals surface area contributed by atoms with Crippen LogP contribution in [0.2, 0.25) is 0 Å². The molecular weight excluding hydrogens is 231 g/mol. The van der Waals surface area contributed by atoms with Crippen LogP contribution >= 0.6 is 0 Å². The van der Waals surface area contributed by atoms with Crippen molar-refractivity contribution in [2.75, 3.05) is 11.9 Å². The summed E-state index contributed by atoms with van der Waals surface area (Å²) in [5, 5.41) is 3.22. The third-order valence-electron chi connectivity index (χ3n) is 3.09. The first-order chi connectivity index (χ1) is 8.75. The first-order valence-corrected chi connectivity index (χ1v) is 5.77. The fourth-order valence-electron chi connectivity index (χ4n) is 2.16. The largest absolute Gasteiger partial charge is 0.384 e. The van der Waals surface area contributed by atoms with E-state index in [4.69, 9.17) is 0 Å². The van der Waals surface area contributed by atoms with Crippen LogP contribution in [0.1, 0.15) is 21.5 Å². The number of nitrogens with one attached hydrogen (secondary N) is 1. The fourth-order valence-corrected chi connectivity index (χ4v) is 2.16. The van der Waals surface area contributed by atoms with Crippen molar-refractivity contribution in [2.24, 2.45) is 0 Å². The van der Waals surface area contributed by atoms with Crippen LogP contribution in [0, 0.1) is 5.82 Å². The first kappa shape index (κ1) is 10.9. The van der Waals surface area contributed by atoms with Crippen molar-refractivity contribution >= 4 is 11.5 Å². The number of halogens is 1. The van der Waals surface area contributed by atoms with Gasteiger partial charge in [-0.15, -0.1) is 0 Å². The molecule has 1 aromatic heterocycles. The molecule has 3 rings (SSSR count). The van der Waals surface area contributed by atoms with Gasteiger partial charge in [-0.25, -0.2) is 4.39 Å². The minimum atomic E-state index is -0.582. The Kier molecular flexibility index (Phi) is 2.55. The average molecular weight is 242 g/mol. The summed E-state index contributed by atoms with van der Waals surface area (Å²) in [4.78, 5) is 15.8. The molecule has 3 nitrogen and oxygen atoms in total. The second kappa shape index (κ2) is 4.22. The predicted molar refractivity (Wildman–Crippen MR) is 66.3 cm³/mol. The molecule has 0 aliphatic carbocycles. The second-order valence-electron chi connectivity index (χ2n) is 4.23. The van der Waals surface area contributed by atoms with Crippen molar-refractivity contribution in [2.45, 2.75) is 6.42 Å². The molecule has 0 amide bonds. The van der Waals surface area contributed by atoms with Crippen LogP contribution in [0.15, 0.2) is 36.7 Å². The molecule has 0 unspecified atom stereocenters. The van der Waals surface area contributed by atoms with Gasteiger partial charge < -0.3 is 5.32 Å². The van der Waals surface area contributed by atoms with Gasteiger partial charge in [0.05, 0.1) is 11.8 Å². The molecule has 0 bridgehead atoms. The maximum absolute atomic E-state index is 13.5. The van der Waals surface area contributed by atoms with Gasteiger partial charge in [0.1, 0.15) is 0 Å². The van der Waals surface area contributed by atoms with Crippen LogP contribution in [0.5, 0.6) is 0 Å². The van der Waals surface area contributed by atoms with Gasteiger partial charge in [0.2, 0.25) is 0 Å². The maximum atomic E-state index is 13.5. The Bertz CT molecular complexity index is 625. The SMILES string of the molecule is O=C(c1ccc2c(c1)CCN2)c1ccncc1F. The van der Waals surface area contributed by atoms with Crippen molar-refractivity contribution in [1.82, 2.24) is 4.98 Å². The van der Waals surface area contributed by atoms with E-state index in [1.165, 1.54) is 12.3 Å². The molecule has 18 heavy (non-hydrogen) atoms. The van der Waals surface area contributed by atoms with E-state index in [1.54, 1.807) is 6.07 Å². The molecule has 1 N–H and O–H groups in total. The summed E-state index contributed by atoms with van der Waals surface area (Å²) in [7, 11) is 0. The third kappa shape index (κ3) is 1.76. The Hall–Kier alpha value is -2.23. The Morgan fingerprint density at radius 2 is 2.22 bits per heavy atom. The number of pyridine rings is 1. The zero-order valence-corrected chi connectivity index (χ0v) is 9.61. The smallest absolute Gasteiger partial charge is 0.196 e. The molecule has 0 fully saturated rings. The zero-order chi connectivity index (χ0) is 12.5. The van der Waals surface area contributed by atoms with E-state index in [2.05, 4.69) is 10.3 Å². The number of benzene rings is 1. The van der Waals surface area contributed by atoms with E-state index in [0.717, 1.165) is 30.4 Å². The number of anilines is 1. The number of nitrogens with zero attached hydrogens (tertiary/aromatic N) is 1. The standard InChI is InChI=1S/C14H11FN2O/c15-12-8-16-5-4-11(12)14(18)10-1-2-13-9(7-10)3-6-17-13/h1-2,4-5,7-8,17H,3,6H2. The molecule has 0 saturated heterocycles. The number of carbonyl (C=O) groups excluding carboxylic acids is 1. The maximum Gasteiger partial charge on any atom is 0.196 e. The van der Waals surface area contributed by atoms with E-state index < -0.39 is 5.82 Å². The summed E-state index contributed by atoms with van der Waals surface area (Å²) in [6, 6.07) is 6.83. The lowest BCUT2D eigenvalue weighted by molar-refractivity contribution is 0.103. The fraction of sp³-hybridized carbons (Fsp3) is 0.143. The molecule has 2 heterocycles. The molecule has 1 aliphatic heterocycles. The summed E-state index contributed by atoms with van der Waals surface area (Å²) in [5.41, 5.74) is 2.75. The zero-order valence-electron chi connectivity index (χ0n) is 9.61. The third-order valence-corrected chi connectivity index (χ3v) is 3.09. The highest BCUT2D eigenvalue weighted by molar-refractivity contribution is 6.09. The lowest BCUT2D eigenvalue weighted by Gasteiger charge is -2.05. The van der Waals surface area contributed by atoms with Crippen LogP contribution in [-0.2, 0) is 6.42 Å². The second-order valence-corrected chi connectivity index (χ2v) is 4.23. The van der Waals surface area contributed by atoms with Crippen LogP contribution < -0.4 is 5.32 Å². The van der Waals surface area contributed by atoms with Gasteiger partial charge in [0.15, 0.2) is 11.6 Å². The lowest BCUT2D eigenvalue weighted by atomic mass is 10.0. The van der Waals surface area contributed by atoms with Crippen molar-refractivity contribution in [1.29, 1.82) is 0 Å². The van der Waals surface area contributed by atoms with Gasteiger partial charge in [-0.1, -0.05) is 0 Å². The Labute approximate surface area is 104 Å². The Morgan fingerprint density at radius 3 is 3.06 bits per heavy atom. The van der Waals surface area contributed by atoms with Crippen molar-refractivity contribution in [3.63, 3.8) is 0 Å². The molecule has 4 heteroatoms.